The Hall–Kier alpha value is -2.95. The lowest BCUT2D eigenvalue weighted by Gasteiger charge is -2.17. The van der Waals surface area contributed by atoms with Crippen LogP contribution in [0.1, 0.15) is 23.9 Å². The van der Waals surface area contributed by atoms with E-state index in [2.05, 4.69) is 20.6 Å². The highest BCUT2D eigenvalue weighted by atomic mass is 16.2. The van der Waals surface area contributed by atoms with Gasteiger partial charge in [-0.1, -0.05) is 18.2 Å². The summed E-state index contributed by atoms with van der Waals surface area (Å²) in [5.74, 6) is 1.06. The standard InChI is InChI=1S/C20H20N4O/c1-15-22-18-6-2-3-7-19(18)24(15)17-10-12-23(14-17)20(25)9-8-16-5-4-11-21-13-16/h2-9,11,13,17H,10,12,14H2,1H3/b9-8+/t17-/m0/s1. The van der Waals surface area contributed by atoms with E-state index in [1.54, 1.807) is 18.5 Å². The van der Waals surface area contributed by atoms with E-state index in [-0.39, 0.29) is 11.9 Å². The van der Waals surface area contributed by atoms with Crippen LogP contribution < -0.4 is 0 Å². The van der Waals surface area contributed by atoms with E-state index in [0.717, 1.165) is 41.9 Å². The highest BCUT2D eigenvalue weighted by Gasteiger charge is 2.28. The lowest BCUT2D eigenvalue weighted by Crippen LogP contribution is -2.27. The van der Waals surface area contributed by atoms with Crippen LogP contribution in [0.5, 0.6) is 0 Å². The summed E-state index contributed by atoms with van der Waals surface area (Å²) >= 11 is 0. The van der Waals surface area contributed by atoms with E-state index >= 15 is 0 Å². The molecular weight excluding hydrogens is 312 g/mol. The minimum absolute atomic E-state index is 0.0495. The zero-order valence-electron chi connectivity index (χ0n) is 14.2. The summed E-state index contributed by atoms with van der Waals surface area (Å²) in [6.07, 6.45) is 7.88. The fourth-order valence-electron chi connectivity index (χ4n) is 3.53. The van der Waals surface area contributed by atoms with Crippen molar-refractivity contribution in [1.29, 1.82) is 0 Å². The number of para-hydroxylation sites is 2. The second-order valence-corrected chi connectivity index (χ2v) is 6.36. The molecule has 126 valence electrons. The van der Waals surface area contributed by atoms with E-state index in [1.807, 2.05) is 48.2 Å². The maximum atomic E-state index is 12.5. The molecular formula is C20H20N4O. The van der Waals surface area contributed by atoms with Crippen molar-refractivity contribution in [2.75, 3.05) is 13.1 Å². The van der Waals surface area contributed by atoms with Gasteiger partial charge in [-0.2, -0.15) is 0 Å². The molecule has 0 radical (unpaired) electrons. The molecule has 1 amide bonds. The molecule has 1 atom stereocenters. The molecule has 4 rings (SSSR count). The number of hydrogen-bond acceptors (Lipinski definition) is 3. The average Bonchev–Trinajstić information content (AvgIpc) is 3.24. The van der Waals surface area contributed by atoms with Crippen LogP contribution in [0, 0.1) is 6.92 Å². The molecule has 1 aliphatic heterocycles. The molecule has 0 spiro atoms. The number of carbonyl (C=O) groups excluding carboxylic acids is 1. The number of benzene rings is 1. The third kappa shape index (κ3) is 3.05. The number of hydrogen-bond donors (Lipinski definition) is 0. The van der Waals surface area contributed by atoms with Crippen LogP contribution in [0.25, 0.3) is 17.1 Å². The smallest absolute Gasteiger partial charge is 0.246 e. The first-order valence-electron chi connectivity index (χ1n) is 8.53. The summed E-state index contributed by atoms with van der Waals surface area (Å²) < 4.78 is 2.27. The lowest BCUT2D eigenvalue weighted by molar-refractivity contribution is -0.125. The number of imidazole rings is 1. The van der Waals surface area contributed by atoms with Crippen LogP contribution in [-0.2, 0) is 4.79 Å². The first kappa shape index (κ1) is 15.6. The Kier molecular flexibility index (Phi) is 4.06. The van der Waals surface area contributed by atoms with E-state index < -0.39 is 0 Å². The fraction of sp³-hybridized carbons (Fsp3) is 0.250. The van der Waals surface area contributed by atoms with Crippen LogP contribution >= 0.6 is 0 Å². The predicted molar refractivity (Wildman–Crippen MR) is 98.0 cm³/mol. The maximum Gasteiger partial charge on any atom is 0.246 e. The molecule has 3 aromatic rings. The molecule has 0 N–H and O–H groups in total. The van der Waals surface area contributed by atoms with Gasteiger partial charge in [0.15, 0.2) is 0 Å². The molecule has 1 saturated heterocycles. The summed E-state index contributed by atoms with van der Waals surface area (Å²) in [5.41, 5.74) is 3.09. The van der Waals surface area contributed by atoms with E-state index in [9.17, 15) is 4.79 Å². The number of aromatic nitrogens is 3. The number of rotatable bonds is 3. The number of aryl methyl sites for hydroxylation is 1. The van der Waals surface area contributed by atoms with Gasteiger partial charge in [0.2, 0.25) is 5.91 Å². The normalized spacial score (nSPS) is 17.6. The van der Waals surface area contributed by atoms with Gasteiger partial charge in [0, 0.05) is 31.6 Å². The summed E-state index contributed by atoms with van der Waals surface area (Å²) in [6, 6.07) is 12.3. The number of fused-ring (bicyclic) bond motifs is 1. The van der Waals surface area contributed by atoms with Crippen molar-refractivity contribution in [3.8, 4) is 0 Å². The number of amides is 1. The number of carbonyl (C=O) groups is 1. The quantitative estimate of drug-likeness (QED) is 0.692. The Balaban J connectivity index is 1.50. The SMILES string of the molecule is Cc1nc2ccccc2n1[C@H]1CCN(C(=O)/C=C/c2cccnc2)C1. The minimum Gasteiger partial charge on any atom is -0.337 e. The van der Waals surface area contributed by atoms with Crippen molar-refractivity contribution in [2.45, 2.75) is 19.4 Å². The molecule has 0 aliphatic carbocycles. The summed E-state index contributed by atoms with van der Waals surface area (Å²) in [6.45, 7) is 3.52. The zero-order valence-corrected chi connectivity index (χ0v) is 14.2. The average molecular weight is 332 g/mol. The van der Waals surface area contributed by atoms with Crippen LogP contribution in [0.4, 0.5) is 0 Å². The highest BCUT2D eigenvalue weighted by Crippen LogP contribution is 2.28. The van der Waals surface area contributed by atoms with Crippen molar-refractivity contribution in [3.05, 3.63) is 66.3 Å². The van der Waals surface area contributed by atoms with Gasteiger partial charge >= 0.3 is 0 Å². The van der Waals surface area contributed by atoms with Crippen LogP contribution in [0.2, 0.25) is 0 Å². The second kappa shape index (κ2) is 6.51. The molecule has 5 nitrogen and oxygen atoms in total. The van der Waals surface area contributed by atoms with E-state index in [4.69, 9.17) is 0 Å². The molecule has 3 heterocycles. The maximum absolute atomic E-state index is 12.5. The number of pyridine rings is 1. The number of nitrogens with zero attached hydrogens (tertiary/aromatic N) is 4. The molecule has 1 fully saturated rings. The molecule has 1 aromatic carbocycles. The van der Waals surface area contributed by atoms with Crippen molar-refractivity contribution in [2.24, 2.45) is 0 Å². The van der Waals surface area contributed by atoms with Gasteiger partial charge in [0.25, 0.3) is 0 Å². The lowest BCUT2D eigenvalue weighted by atomic mass is 10.2. The molecule has 0 unspecified atom stereocenters. The topological polar surface area (TPSA) is 51.0 Å². The Labute approximate surface area is 146 Å². The molecule has 0 bridgehead atoms. The van der Waals surface area contributed by atoms with Gasteiger partial charge in [-0.05, 0) is 43.2 Å². The monoisotopic (exact) mass is 332 g/mol. The van der Waals surface area contributed by atoms with Gasteiger partial charge in [-0.15, -0.1) is 0 Å². The van der Waals surface area contributed by atoms with Crippen LogP contribution in [0.3, 0.4) is 0 Å². The Morgan fingerprint density at radius 2 is 2.12 bits per heavy atom. The van der Waals surface area contributed by atoms with E-state index in [0.29, 0.717) is 0 Å². The first-order chi connectivity index (χ1) is 12.2. The third-order valence-corrected chi connectivity index (χ3v) is 4.72. The van der Waals surface area contributed by atoms with Crippen molar-refractivity contribution in [3.63, 3.8) is 0 Å². The van der Waals surface area contributed by atoms with Crippen molar-refractivity contribution < 1.29 is 4.79 Å². The minimum atomic E-state index is 0.0495. The van der Waals surface area contributed by atoms with Crippen LogP contribution in [-0.4, -0.2) is 38.4 Å². The number of likely N-dealkylation sites (tertiary alicyclic amines) is 1. The third-order valence-electron chi connectivity index (χ3n) is 4.72. The predicted octanol–water partition coefficient (Wildman–Crippen LogP) is 3.23. The fourth-order valence-corrected chi connectivity index (χ4v) is 3.53. The summed E-state index contributed by atoms with van der Waals surface area (Å²) in [7, 11) is 0. The molecule has 0 saturated carbocycles. The van der Waals surface area contributed by atoms with Crippen molar-refractivity contribution >= 4 is 23.0 Å². The largest absolute Gasteiger partial charge is 0.337 e. The van der Waals surface area contributed by atoms with Gasteiger partial charge < -0.3 is 9.47 Å². The van der Waals surface area contributed by atoms with Gasteiger partial charge in [-0.3, -0.25) is 9.78 Å². The Morgan fingerprint density at radius 3 is 2.96 bits per heavy atom. The van der Waals surface area contributed by atoms with Crippen molar-refractivity contribution in [1.82, 2.24) is 19.4 Å². The molecule has 2 aromatic heterocycles. The molecule has 25 heavy (non-hydrogen) atoms. The van der Waals surface area contributed by atoms with Crippen LogP contribution in [0.15, 0.2) is 54.9 Å². The van der Waals surface area contributed by atoms with Gasteiger partial charge in [0.1, 0.15) is 5.82 Å². The van der Waals surface area contributed by atoms with E-state index in [1.165, 1.54) is 0 Å². The summed E-state index contributed by atoms with van der Waals surface area (Å²) in [5, 5.41) is 0. The van der Waals surface area contributed by atoms with Gasteiger partial charge in [0.05, 0.1) is 17.1 Å². The zero-order chi connectivity index (χ0) is 17.2. The summed E-state index contributed by atoms with van der Waals surface area (Å²) in [4.78, 5) is 23.1. The Morgan fingerprint density at radius 1 is 1.24 bits per heavy atom. The Bertz CT molecular complexity index is 929. The molecule has 1 aliphatic rings. The first-order valence-corrected chi connectivity index (χ1v) is 8.53. The highest BCUT2D eigenvalue weighted by molar-refractivity contribution is 5.92. The second-order valence-electron chi connectivity index (χ2n) is 6.36. The van der Waals surface area contributed by atoms with Gasteiger partial charge in [-0.25, -0.2) is 4.98 Å². The molecule has 5 heteroatoms.